The van der Waals surface area contributed by atoms with E-state index in [4.69, 9.17) is 25.8 Å². The number of carbonyl (C=O) groups is 1. The Hall–Kier alpha value is -2.15. The summed E-state index contributed by atoms with van der Waals surface area (Å²) in [7, 11) is 1.61. The van der Waals surface area contributed by atoms with E-state index in [0.717, 1.165) is 5.56 Å². The molecule has 6 nitrogen and oxygen atoms in total. The highest BCUT2D eigenvalue weighted by molar-refractivity contribution is 6.30. The molecule has 1 amide bonds. The lowest BCUT2D eigenvalue weighted by atomic mass is 9.73. The van der Waals surface area contributed by atoms with Crippen LogP contribution in [-0.4, -0.2) is 44.4 Å². The highest BCUT2D eigenvalue weighted by atomic mass is 35.5. The minimum atomic E-state index is -0.642. The van der Waals surface area contributed by atoms with Crippen molar-refractivity contribution < 1.29 is 19.0 Å². The molecule has 0 bridgehead atoms. The fourth-order valence-corrected chi connectivity index (χ4v) is 3.28. The molecular formula is C20H23ClN2O4. The number of carbonyl (C=O) groups excluding carboxylic acids is 1. The van der Waals surface area contributed by atoms with Gasteiger partial charge in [0, 0.05) is 31.4 Å². The van der Waals surface area contributed by atoms with Crippen molar-refractivity contribution in [2.45, 2.75) is 18.3 Å². The number of benzene rings is 1. The van der Waals surface area contributed by atoms with Crippen LogP contribution < -0.4 is 10.1 Å². The van der Waals surface area contributed by atoms with E-state index in [1.807, 2.05) is 24.3 Å². The summed E-state index contributed by atoms with van der Waals surface area (Å²) in [6.07, 6.45) is 2.83. The molecule has 0 radical (unpaired) electrons. The van der Waals surface area contributed by atoms with Crippen LogP contribution in [0.25, 0.3) is 0 Å². The second kappa shape index (κ2) is 9.17. The number of nitrogens with one attached hydrogen (secondary N) is 1. The van der Waals surface area contributed by atoms with Crippen LogP contribution in [0.2, 0.25) is 5.02 Å². The molecule has 1 saturated heterocycles. The van der Waals surface area contributed by atoms with Gasteiger partial charge in [-0.2, -0.15) is 0 Å². The van der Waals surface area contributed by atoms with Crippen molar-refractivity contribution in [3.63, 3.8) is 0 Å². The Balaban J connectivity index is 1.74. The summed E-state index contributed by atoms with van der Waals surface area (Å²) in [5.41, 5.74) is 0.926. The molecule has 2 heterocycles. The lowest BCUT2D eigenvalue weighted by Gasteiger charge is -2.36. The summed E-state index contributed by atoms with van der Waals surface area (Å²) >= 11 is 6.01. The van der Waals surface area contributed by atoms with E-state index >= 15 is 0 Å². The van der Waals surface area contributed by atoms with Gasteiger partial charge in [-0.25, -0.2) is 4.98 Å². The maximum atomic E-state index is 13.2. The highest BCUT2D eigenvalue weighted by Gasteiger charge is 2.41. The zero-order chi connectivity index (χ0) is 19.1. The molecule has 0 atom stereocenters. The quantitative estimate of drug-likeness (QED) is 0.733. The van der Waals surface area contributed by atoms with E-state index in [2.05, 4.69) is 10.3 Å². The normalized spacial score (nSPS) is 15.9. The summed E-state index contributed by atoms with van der Waals surface area (Å²) < 4.78 is 15.9. The van der Waals surface area contributed by atoms with Crippen molar-refractivity contribution in [2.75, 3.05) is 38.9 Å². The number of rotatable bonds is 7. The Morgan fingerprint density at radius 2 is 1.93 bits per heavy atom. The van der Waals surface area contributed by atoms with E-state index in [1.54, 1.807) is 25.4 Å². The smallest absolute Gasteiger partial charge is 0.235 e. The van der Waals surface area contributed by atoms with Gasteiger partial charge in [0.05, 0.1) is 23.9 Å². The third kappa shape index (κ3) is 4.77. The number of pyridine rings is 1. The Morgan fingerprint density at radius 3 is 2.56 bits per heavy atom. The van der Waals surface area contributed by atoms with E-state index in [0.29, 0.717) is 55.9 Å². The first kappa shape index (κ1) is 19.6. The summed E-state index contributed by atoms with van der Waals surface area (Å²) in [6.45, 7) is 2.00. The molecule has 0 saturated carbocycles. The van der Waals surface area contributed by atoms with Crippen LogP contribution in [0.3, 0.4) is 0 Å². The SMILES string of the molecule is COCCOc1ccc(NC(=O)C2(c3ccc(Cl)cc3)CCOCC2)cn1. The Bertz CT molecular complexity index is 744. The Morgan fingerprint density at radius 1 is 1.19 bits per heavy atom. The molecule has 0 unspecified atom stereocenters. The van der Waals surface area contributed by atoms with Crippen LogP contribution in [0.5, 0.6) is 5.88 Å². The van der Waals surface area contributed by atoms with E-state index in [1.165, 1.54) is 0 Å². The van der Waals surface area contributed by atoms with Gasteiger partial charge in [0.25, 0.3) is 0 Å². The molecule has 0 aliphatic carbocycles. The maximum Gasteiger partial charge on any atom is 0.235 e. The zero-order valence-electron chi connectivity index (χ0n) is 15.2. The number of hydrogen-bond donors (Lipinski definition) is 1. The number of nitrogens with zero attached hydrogens (tertiary/aromatic N) is 1. The van der Waals surface area contributed by atoms with Crippen LogP contribution in [0.1, 0.15) is 18.4 Å². The monoisotopic (exact) mass is 390 g/mol. The molecule has 1 aliphatic heterocycles. The average molecular weight is 391 g/mol. The fraction of sp³-hybridized carbons (Fsp3) is 0.400. The third-order valence-electron chi connectivity index (χ3n) is 4.71. The zero-order valence-corrected chi connectivity index (χ0v) is 16.0. The summed E-state index contributed by atoms with van der Waals surface area (Å²) in [5, 5.41) is 3.64. The summed E-state index contributed by atoms with van der Waals surface area (Å²) in [4.78, 5) is 17.4. The number of aromatic nitrogens is 1. The van der Waals surface area contributed by atoms with Crippen molar-refractivity contribution in [3.8, 4) is 5.88 Å². The van der Waals surface area contributed by atoms with Crippen LogP contribution in [-0.2, 0) is 19.7 Å². The lowest BCUT2D eigenvalue weighted by molar-refractivity contribution is -0.125. The van der Waals surface area contributed by atoms with Gasteiger partial charge in [0.1, 0.15) is 6.61 Å². The number of ether oxygens (including phenoxy) is 3. The molecule has 1 aromatic carbocycles. The van der Waals surface area contributed by atoms with Gasteiger partial charge in [0.2, 0.25) is 11.8 Å². The van der Waals surface area contributed by atoms with Crippen molar-refractivity contribution in [2.24, 2.45) is 0 Å². The number of methoxy groups -OCH3 is 1. The van der Waals surface area contributed by atoms with Gasteiger partial charge in [-0.15, -0.1) is 0 Å². The molecule has 1 aliphatic rings. The van der Waals surface area contributed by atoms with Gasteiger partial charge < -0.3 is 19.5 Å². The number of hydrogen-bond acceptors (Lipinski definition) is 5. The molecule has 27 heavy (non-hydrogen) atoms. The van der Waals surface area contributed by atoms with Gasteiger partial charge in [-0.05, 0) is 36.6 Å². The Kier molecular flexibility index (Phi) is 6.66. The minimum Gasteiger partial charge on any atom is -0.475 e. The second-order valence-electron chi connectivity index (χ2n) is 6.38. The lowest BCUT2D eigenvalue weighted by Crippen LogP contribution is -2.44. The van der Waals surface area contributed by atoms with E-state index in [9.17, 15) is 4.79 Å². The van der Waals surface area contributed by atoms with E-state index in [-0.39, 0.29) is 5.91 Å². The van der Waals surface area contributed by atoms with Gasteiger partial charge in [0.15, 0.2) is 0 Å². The molecule has 144 valence electrons. The predicted molar refractivity (Wildman–Crippen MR) is 103 cm³/mol. The van der Waals surface area contributed by atoms with E-state index < -0.39 is 5.41 Å². The van der Waals surface area contributed by atoms with Gasteiger partial charge in [-0.1, -0.05) is 23.7 Å². The summed E-state index contributed by atoms with van der Waals surface area (Å²) in [5.74, 6) is 0.423. The van der Waals surface area contributed by atoms with Crippen molar-refractivity contribution in [1.82, 2.24) is 4.98 Å². The molecule has 1 N–H and O–H groups in total. The molecular weight excluding hydrogens is 368 g/mol. The number of halogens is 1. The standard InChI is InChI=1S/C20H23ClN2O4/c1-25-12-13-27-18-7-6-17(14-22-18)23-19(24)20(8-10-26-11-9-20)15-2-4-16(21)5-3-15/h2-7,14H,8-13H2,1H3,(H,23,24). The molecule has 1 fully saturated rings. The molecule has 0 spiro atoms. The fourth-order valence-electron chi connectivity index (χ4n) is 3.16. The van der Waals surface area contributed by atoms with Crippen molar-refractivity contribution in [1.29, 1.82) is 0 Å². The first-order valence-corrected chi connectivity index (χ1v) is 9.25. The largest absolute Gasteiger partial charge is 0.475 e. The highest BCUT2D eigenvalue weighted by Crippen LogP contribution is 2.36. The maximum absolute atomic E-state index is 13.2. The number of anilines is 1. The molecule has 7 heteroatoms. The predicted octanol–water partition coefficient (Wildman–Crippen LogP) is 3.45. The van der Waals surface area contributed by atoms with Gasteiger partial charge in [-0.3, -0.25) is 4.79 Å². The molecule has 3 rings (SSSR count). The molecule has 2 aromatic rings. The first-order chi connectivity index (χ1) is 13.1. The molecule has 1 aromatic heterocycles. The van der Waals surface area contributed by atoms with Crippen LogP contribution in [0.4, 0.5) is 5.69 Å². The van der Waals surface area contributed by atoms with Crippen LogP contribution in [0, 0.1) is 0 Å². The average Bonchev–Trinajstić information content (AvgIpc) is 2.70. The topological polar surface area (TPSA) is 69.7 Å². The third-order valence-corrected chi connectivity index (χ3v) is 4.96. The number of amides is 1. The van der Waals surface area contributed by atoms with Crippen LogP contribution >= 0.6 is 11.6 Å². The van der Waals surface area contributed by atoms with Gasteiger partial charge >= 0.3 is 0 Å². The minimum absolute atomic E-state index is 0.0667. The second-order valence-corrected chi connectivity index (χ2v) is 6.82. The van der Waals surface area contributed by atoms with Crippen LogP contribution in [0.15, 0.2) is 42.6 Å². The first-order valence-electron chi connectivity index (χ1n) is 8.87. The Labute approximate surface area is 163 Å². The van der Waals surface area contributed by atoms with Crippen molar-refractivity contribution in [3.05, 3.63) is 53.2 Å². The summed E-state index contributed by atoms with van der Waals surface area (Å²) in [6, 6.07) is 11.0. The van der Waals surface area contributed by atoms with Crippen molar-refractivity contribution >= 4 is 23.2 Å².